The van der Waals surface area contributed by atoms with Crippen LogP contribution in [0.2, 0.25) is 0 Å². The van der Waals surface area contributed by atoms with Gasteiger partial charge in [-0.3, -0.25) is 9.69 Å². The van der Waals surface area contributed by atoms with E-state index in [9.17, 15) is 4.79 Å². The highest BCUT2D eigenvalue weighted by molar-refractivity contribution is 5.94. The number of amides is 1. The molecule has 4 nitrogen and oxygen atoms in total. The maximum atomic E-state index is 12.4. The number of nitrogens with one attached hydrogen (secondary N) is 1. The summed E-state index contributed by atoms with van der Waals surface area (Å²) in [4.78, 5) is 14.6. The second-order valence-electron chi connectivity index (χ2n) is 6.49. The minimum absolute atomic E-state index is 0.0423. The molecular formula is C17H27N3O. The average Bonchev–Trinajstić information content (AvgIpc) is 2.47. The van der Waals surface area contributed by atoms with Crippen molar-refractivity contribution in [1.82, 2.24) is 4.90 Å². The monoisotopic (exact) mass is 289 g/mol. The van der Waals surface area contributed by atoms with Crippen molar-refractivity contribution in [2.75, 3.05) is 24.1 Å². The topological polar surface area (TPSA) is 58.4 Å². The fraction of sp³-hybridized carbons (Fsp3) is 0.588. The number of nitrogens with zero attached hydrogens (tertiary/aromatic N) is 1. The first-order chi connectivity index (χ1) is 9.93. The summed E-state index contributed by atoms with van der Waals surface area (Å²) in [7, 11) is 0. The summed E-state index contributed by atoms with van der Waals surface area (Å²) in [5, 5.41) is 2.95. The van der Waals surface area contributed by atoms with Gasteiger partial charge in [-0.15, -0.1) is 0 Å². The lowest BCUT2D eigenvalue weighted by Crippen LogP contribution is -2.48. The van der Waals surface area contributed by atoms with Crippen LogP contribution in [0.4, 0.5) is 11.4 Å². The third-order valence-electron chi connectivity index (χ3n) is 4.94. The minimum Gasteiger partial charge on any atom is -0.399 e. The molecule has 0 spiro atoms. The van der Waals surface area contributed by atoms with Gasteiger partial charge in [-0.25, -0.2) is 0 Å². The van der Waals surface area contributed by atoms with Gasteiger partial charge in [0.05, 0.1) is 6.04 Å². The third-order valence-corrected chi connectivity index (χ3v) is 4.94. The number of carbonyl (C=O) groups is 1. The summed E-state index contributed by atoms with van der Waals surface area (Å²) in [6.07, 6.45) is 3.55. The number of carbonyl (C=O) groups excluding carboxylic acids is 1. The molecule has 2 rings (SSSR count). The van der Waals surface area contributed by atoms with Crippen LogP contribution in [0.15, 0.2) is 24.3 Å². The lowest BCUT2D eigenvalue weighted by atomic mass is 9.78. The van der Waals surface area contributed by atoms with Gasteiger partial charge in [0.25, 0.3) is 0 Å². The first-order valence-electron chi connectivity index (χ1n) is 7.84. The molecular weight excluding hydrogens is 262 g/mol. The Labute approximate surface area is 127 Å². The predicted molar refractivity (Wildman–Crippen MR) is 88.2 cm³/mol. The van der Waals surface area contributed by atoms with Gasteiger partial charge in [0.1, 0.15) is 0 Å². The SMILES string of the molecule is CCC1(C)CCN(C(C)C(=O)Nc2cccc(N)c2)CC1. The van der Waals surface area contributed by atoms with Crippen molar-refractivity contribution < 1.29 is 4.79 Å². The van der Waals surface area contributed by atoms with Gasteiger partial charge in [-0.1, -0.05) is 26.3 Å². The van der Waals surface area contributed by atoms with Crippen molar-refractivity contribution in [2.24, 2.45) is 5.41 Å². The van der Waals surface area contributed by atoms with Gasteiger partial charge in [0.2, 0.25) is 5.91 Å². The summed E-state index contributed by atoms with van der Waals surface area (Å²) in [5.41, 5.74) is 7.61. The van der Waals surface area contributed by atoms with Crippen LogP contribution in [-0.4, -0.2) is 29.9 Å². The van der Waals surface area contributed by atoms with E-state index >= 15 is 0 Å². The number of benzene rings is 1. The molecule has 0 aromatic heterocycles. The van der Waals surface area contributed by atoms with Crippen molar-refractivity contribution in [1.29, 1.82) is 0 Å². The second kappa shape index (κ2) is 6.48. The maximum Gasteiger partial charge on any atom is 0.241 e. The van der Waals surface area contributed by atoms with Gasteiger partial charge < -0.3 is 11.1 Å². The molecule has 1 unspecified atom stereocenters. The van der Waals surface area contributed by atoms with E-state index < -0.39 is 0 Å². The zero-order chi connectivity index (χ0) is 15.5. The smallest absolute Gasteiger partial charge is 0.241 e. The summed E-state index contributed by atoms with van der Waals surface area (Å²) >= 11 is 0. The van der Waals surface area contributed by atoms with Crippen LogP contribution in [0, 0.1) is 5.41 Å². The number of nitrogen functional groups attached to an aromatic ring is 1. The number of hydrogen-bond donors (Lipinski definition) is 2. The molecule has 1 aliphatic heterocycles. The molecule has 21 heavy (non-hydrogen) atoms. The van der Waals surface area contributed by atoms with Crippen LogP contribution in [0.25, 0.3) is 0 Å². The Bertz CT molecular complexity index is 493. The Morgan fingerprint density at radius 3 is 2.67 bits per heavy atom. The number of piperidine rings is 1. The van der Waals surface area contributed by atoms with Crippen molar-refractivity contribution >= 4 is 17.3 Å². The summed E-state index contributed by atoms with van der Waals surface area (Å²) in [5.74, 6) is 0.0423. The second-order valence-corrected chi connectivity index (χ2v) is 6.49. The van der Waals surface area contributed by atoms with Crippen molar-refractivity contribution in [3.8, 4) is 0 Å². The van der Waals surface area contributed by atoms with E-state index in [1.165, 1.54) is 19.3 Å². The Morgan fingerprint density at radius 2 is 2.10 bits per heavy atom. The zero-order valence-electron chi connectivity index (χ0n) is 13.4. The molecule has 1 heterocycles. The summed E-state index contributed by atoms with van der Waals surface area (Å²) < 4.78 is 0. The van der Waals surface area contributed by atoms with Gasteiger partial charge in [0.15, 0.2) is 0 Å². The number of rotatable bonds is 4. The van der Waals surface area contributed by atoms with E-state index in [1.54, 1.807) is 6.07 Å². The molecule has 116 valence electrons. The molecule has 0 aliphatic carbocycles. The van der Waals surface area contributed by atoms with Crippen LogP contribution in [0.3, 0.4) is 0 Å². The fourth-order valence-electron chi connectivity index (χ4n) is 2.83. The number of nitrogens with two attached hydrogens (primary N) is 1. The molecule has 0 bridgehead atoms. The normalized spacial score (nSPS) is 20.0. The van der Waals surface area contributed by atoms with E-state index in [0.717, 1.165) is 18.8 Å². The highest BCUT2D eigenvalue weighted by Gasteiger charge is 2.32. The third kappa shape index (κ3) is 3.97. The highest BCUT2D eigenvalue weighted by Crippen LogP contribution is 2.34. The molecule has 1 fully saturated rings. The van der Waals surface area contributed by atoms with Gasteiger partial charge >= 0.3 is 0 Å². The van der Waals surface area contributed by atoms with E-state index in [0.29, 0.717) is 11.1 Å². The van der Waals surface area contributed by atoms with E-state index in [4.69, 9.17) is 5.73 Å². The molecule has 1 aliphatic rings. The van der Waals surface area contributed by atoms with Crippen LogP contribution in [0.1, 0.15) is 40.0 Å². The average molecular weight is 289 g/mol. The first-order valence-corrected chi connectivity index (χ1v) is 7.84. The van der Waals surface area contributed by atoms with E-state index in [1.807, 2.05) is 25.1 Å². The number of anilines is 2. The number of hydrogen-bond acceptors (Lipinski definition) is 3. The molecule has 0 saturated carbocycles. The Kier molecular flexibility index (Phi) is 4.88. The molecule has 1 saturated heterocycles. The lowest BCUT2D eigenvalue weighted by molar-refractivity contribution is -0.121. The van der Waals surface area contributed by atoms with Gasteiger partial charge in [-0.2, -0.15) is 0 Å². The lowest BCUT2D eigenvalue weighted by Gasteiger charge is -2.41. The van der Waals surface area contributed by atoms with Crippen molar-refractivity contribution in [3.63, 3.8) is 0 Å². The Hall–Kier alpha value is -1.55. The molecule has 1 amide bonds. The van der Waals surface area contributed by atoms with Crippen LogP contribution in [0.5, 0.6) is 0 Å². The fourth-order valence-corrected chi connectivity index (χ4v) is 2.83. The Morgan fingerprint density at radius 1 is 1.43 bits per heavy atom. The summed E-state index contributed by atoms with van der Waals surface area (Å²) in [6.45, 7) is 8.58. The Balaban J connectivity index is 1.91. The molecule has 3 N–H and O–H groups in total. The minimum atomic E-state index is -0.104. The van der Waals surface area contributed by atoms with E-state index in [-0.39, 0.29) is 11.9 Å². The molecule has 1 aromatic carbocycles. The van der Waals surface area contributed by atoms with Crippen LogP contribution in [-0.2, 0) is 4.79 Å². The molecule has 4 heteroatoms. The first kappa shape index (κ1) is 15.8. The van der Waals surface area contributed by atoms with Crippen molar-refractivity contribution in [2.45, 2.75) is 46.1 Å². The summed E-state index contributed by atoms with van der Waals surface area (Å²) in [6, 6.07) is 7.21. The van der Waals surface area contributed by atoms with Crippen LogP contribution < -0.4 is 11.1 Å². The van der Waals surface area contributed by atoms with E-state index in [2.05, 4.69) is 24.1 Å². The molecule has 1 atom stereocenters. The maximum absolute atomic E-state index is 12.4. The van der Waals surface area contributed by atoms with Crippen molar-refractivity contribution in [3.05, 3.63) is 24.3 Å². The predicted octanol–water partition coefficient (Wildman–Crippen LogP) is 3.11. The quantitative estimate of drug-likeness (QED) is 0.837. The van der Waals surface area contributed by atoms with Gasteiger partial charge in [-0.05, 0) is 56.5 Å². The zero-order valence-corrected chi connectivity index (χ0v) is 13.4. The standard InChI is InChI=1S/C17H27N3O/c1-4-17(3)8-10-20(11-9-17)13(2)16(21)19-15-7-5-6-14(18)12-15/h5-7,12-13H,4,8-11,18H2,1-3H3,(H,19,21). The highest BCUT2D eigenvalue weighted by atomic mass is 16.2. The van der Waals surface area contributed by atoms with Crippen LogP contribution >= 0.6 is 0 Å². The van der Waals surface area contributed by atoms with Gasteiger partial charge in [0, 0.05) is 11.4 Å². The molecule has 1 aromatic rings. The number of likely N-dealkylation sites (tertiary alicyclic amines) is 1. The largest absolute Gasteiger partial charge is 0.399 e. The molecule has 0 radical (unpaired) electrons.